The molecule has 0 saturated heterocycles. The molecule has 3 rings (SSSR count). The molecule has 7 nitrogen and oxygen atoms in total. The van der Waals surface area contributed by atoms with Gasteiger partial charge in [0, 0.05) is 27.7 Å². The first kappa shape index (κ1) is 32.0. The lowest BCUT2D eigenvalue weighted by molar-refractivity contribution is -0.140. The van der Waals surface area contributed by atoms with Gasteiger partial charge < -0.3 is 10.2 Å². The first-order chi connectivity index (χ1) is 18.6. The standard InChI is InChI=1S/C28H29Cl4N3O4S/c1-18(27(37)33-28(2,3)4)34(16-20-21(29)12-8-13-22(20)30)25(36)17-35(24-15-9-14-23(31)26(24)32)40(38,39)19-10-6-5-7-11-19/h5-15,18H,16-17H2,1-4H3,(H,33,37). The molecule has 0 aliphatic heterocycles. The van der Waals surface area contributed by atoms with E-state index in [0.29, 0.717) is 15.6 Å². The van der Waals surface area contributed by atoms with Gasteiger partial charge in [0.2, 0.25) is 11.8 Å². The molecule has 0 fully saturated rings. The Balaban J connectivity index is 2.11. The van der Waals surface area contributed by atoms with Crippen LogP contribution in [0.3, 0.4) is 0 Å². The van der Waals surface area contributed by atoms with Crippen molar-refractivity contribution >= 4 is 73.9 Å². The number of hydrogen-bond acceptors (Lipinski definition) is 4. The van der Waals surface area contributed by atoms with Crippen molar-refractivity contribution in [3.63, 3.8) is 0 Å². The van der Waals surface area contributed by atoms with Gasteiger partial charge in [0.25, 0.3) is 10.0 Å². The van der Waals surface area contributed by atoms with Gasteiger partial charge in [0.05, 0.1) is 20.6 Å². The number of amides is 2. The second-order valence-electron chi connectivity index (χ2n) is 10.0. The maximum absolute atomic E-state index is 14.0. The molecule has 3 aromatic rings. The molecule has 1 N–H and O–H groups in total. The van der Waals surface area contributed by atoms with Crippen molar-refractivity contribution in [1.82, 2.24) is 10.2 Å². The fraction of sp³-hybridized carbons (Fsp3) is 0.286. The van der Waals surface area contributed by atoms with E-state index in [4.69, 9.17) is 46.4 Å². The molecule has 1 atom stereocenters. The summed E-state index contributed by atoms with van der Waals surface area (Å²) in [5.41, 5.74) is -0.166. The van der Waals surface area contributed by atoms with Crippen molar-refractivity contribution in [3.05, 3.63) is 92.4 Å². The molecular weight excluding hydrogens is 616 g/mol. The Morgan fingerprint density at radius 2 is 1.40 bits per heavy atom. The van der Waals surface area contributed by atoms with Crippen LogP contribution >= 0.6 is 46.4 Å². The normalized spacial score (nSPS) is 12.5. The molecule has 0 heterocycles. The van der Waals surface area contributed by atoms with Gasteiger partial charge in [-0.2, -0.15) is 0 Å². The summed E-state index contributed by atoms with van der Waals surface area (Å²) in [5.74, 6) is -1.13. The highest BCUT2D eigenvalue weighted by Crippen LogP contribution is 2.36. The lowest BCUT2D eigenvalue weighted by Crippen LogP contribution is -2.54. The van der Waals surface area contributed by atoms with Crippen LogP contribution in [0, 0.1) is 0 Å². The van der Waals surface area contributed by atoms with Crippen molar-refractivity contribution < 1.29 is 18.0 Å². The second-order valence-corrected chi connectivity index (χ2v) is 13.5. The quantitative estimate of drug-likeness (QED) is 0.277. The molecule has 0 spiro atoms. The van der Waals surface area contributed by atoms with Gasteiger partial charge in [-0.15, -0.1) is 0 Å². The summed E-state index contributed by atoms with van der Waals surface area (Å²) in [5, 5.41) is 3.50. The van der Waals surface area contributed by atoms with Crippen LogP contribution in [0.5, 0.6) is 0 Å². The molecule has 0 radical (unpaired) electrons. The average molecular weight is 645 g/mol. The van der Waals surface area contributed by atoms with E-state index in [-0.39, 0.29) is 27.2 Å². The van der Waals surface area contributed by atoms with E-state index in [9.17, 15) is 18.0 Å². The Hall–Kier alpha value is -2.49. The van der Waals surface area contributed by atoms with E-state index >= 15 is 0 Å². The fourth-order valence-corrected chi connectivity index (χ4v) is 6.24. The van der Waals surface area contributed by atoms with Gasteiger partial charge in [-0.1, -0.05) is 76.7 Å². The molecule has 3 aromatic carbocycles. The summed E-state index contributed by atoms with van der Waals surface area (Å²) >= 11 is 25.5. The van der Waals surface area contributed by atoms with Gasteiger partial charge in [0.1, 0.15) is 12.6 Å². The summed E-state index contributed by atoms with van der Waals surface area (Å²) in [4.78, 5) is 28.4. The minimum Gasteiger partial charge on any atom is -0.350 e. The van der Waals surface area contributed by atoms with Crippen molar-refractivity contribution in [1.29, 1.82) is 0 Å². The molecule has 0 bridgehead atoms. The molecular formula is C28H29Cl4N3O4S. The Bertz CT molecular complexity index is 1470. The molecule has 0 aliphatic rings. The van der Waals surface area contributed by atoms with Crippen LogP contribution in [0.1, 0.15) is 33.3 Å². The zero-order chi connectivity index (χ0) is 29.8. The van der Waals surface area contributed by atoms with Crippen LogP contribution in [-0.4, -0.2) is 43.3 Å². The van der Waals surface area contributed by atoms with E-state index in [1.807, 2.05) is 20.8 Å². The van der Waals surface area contributed by atoms with E-state index < -0.39 is 40.0 Å². The lowest BCUT2D eigenvalue weighted by atomic mass is 10.1. The maximum Gasteiger partial charge on any atom is 0.264 e. The summed E-state index contributed by atoms with van der Waals surface area (Å²) in [6.07, 6.45) is 0. The molecule has 0 aliphatic carbocycles. The van der Waals surface area contributed by atoms with Crippen LogP contribution in [0.4, 0.5) is 5.69 Å². The second kappa shape index (κ2) is 13.0. The van der Waals surface area contributed by atoms with Gasteiger partial charge in [-0.3, -0.25) is 13.9 Å². The van der Waals surface area contributed by atoms with E-state index in [1.54, 1.807) is 43.3 Å². The summed E-state index contributed by atoms with van der Waals surface area (Å²) in [7, 11) is -4.30. The predicted molar refractivity (Wildman–Crippen MR) is 162 cm³/mol. The number of halogens is 4. The van der Waals surface area contributed by atoms with Gasteiger partial charge in [-0.05, 0) is 64.1 Å². The molecule has 0 aromatic heterocycles. The number of rotatable bonds is 9. The smallest absolute Gasteiger partial charge is 0.264 e. The molecule has 40 heavy (non-hydrogen) atoms. The van der Waals surface area contributed by atoms with Crippen LogP contribution in [-0.2, 0) is 26.2 Å². The number of benzene rings is 3. The number of carbonyl (C=O) groups excluding carboxylic acids is 2. The first-order valence-corrected chi connectivity index (χ1v) is 15.1. The highest BCUT2D eigenvalue weighted by molar-refractivity contribution is 7.92. The number of carbonyl (C=O) groups is 2. The molecule has 214 valence electrons. The molecule has 0 saturated carbocycles. The van der Waals surface area contributed by atoms with E-state index in [2.05, 4.69) is 5.32 Å². The van der Waals surface area contributed by atoms with Crippen molar-refractivity contribution in [2.45, 2.75) is 50.7 Å². The largest absolute Gasteiger partial charge is 0.350 e. The number of nitrogens with zero attached hydrogens (tertiary/aromatic N) is 2. The van der Waals surface area contributed by atoms with E-state index in [1.165, 1.54) is 35.2 Å². The summed E-state index contributed by atoms with van der Waals surface area (Å²) < 4.78 is 28.6. The number of nitrogens with one attached hydrogen (secondary N) is 1. The zero-order valence-electron chi connectivity index (χ0n) is 22.3. The highest BCUT2D eigenvalue weighted by Gasteiger charge is 2.34. The SMILES string of the molecule is CC(C(=O)NC(C)(C)C)N(Cc1c(Cl)cccc1Cl)C(=O)CN(c1cccc(Cl)c1Cl)S(=O)(=O)c1ccccc1. The molecule has 1 unspecified atom stereocenters. The highest BCUT2D eigenvalue weighted by atomic mass is 35.5. The molecule has 12 heteroatoms. The van der Waals surface area contributed by atoms with Crippen LogP contribution in [0.2, 0.25) is 20.1 Å². The van der Waals surface area contributed by atoms with Crippen molar-refractivity contribution in [2.75, 3.05) is 10.8 Å². The van der Waals surface area contributed by atoms with Crippen LogP contribution < -0.4 is 9.62 Å². The molecule has 2 amide bonds. The maximum atomic E-state index is 14.0. The van der Waals surface area contributed by atoms with E-state index in [0.717, 1.165) is 4.31 Å². The Kier molecular flexibility index (Phi) is 10.4. The minimum absolute atomic E-state index is 0.00823. The zero-order valence-corrected chi connectivity index (χ0v) is 26.1. The van der Waals surface area contributed by atoms with Crippen LogP contribution in [0.25, 0.3) is 0 Å². The van der Waals surface area contributed by atoms with Gasteiger partial charge >= 0.3 is 0 Å². The predicted octanol–water partition coefficient (Wildman–Crippen LogP) is 6.83. The topological polar surface area (TPSA) is 86.8 Å². The third-order valence-electron chi connectivity index (χ3n) is 5.87. The summed E-state index contributed by atoms with van der Waals surface area (Å²) in [6.45, 7) is 6.13. The first-order valence-electron chi connectivity index (χ1n) is 12.2. The van der Waals surface area contributed by atoms with Crippen LogP contribution in [0.15, 0.2) is 71.6 Å². The number of hydrogen-bond donors (Lipinski definition) is 1. The fourth-order valence-electron chi connectivity index (χ4n) is 3.83. The number of sulfonamides is 1. The minimum atomic E-state index is -4.30. The number of anilines is 1. The van der Waals surface area contributed by atoms with Gasteiger partial charge in [-0.25, -0.2) is 8.42 Å². The Labute approximate surface area is 255 Å². The summed E-state index contributed by atoms with van der Waals surface area (Å²) in [6, 6.07) is 16.0. The Morgan fingerprint density at radius 1 is 0.850 bits per heavy atom. The average Bonchev–Trinajstić information content (AvgIpc) is 2.88. The van der Waals surface area contributed by atoms with Gasteiger partial charge in [0.15, 0.2) is 0 Å². The third kappa shape index (κ3) is 7.62. The van der Waals surface area contributed by atoms with Crippen molar-refractivity contribution in [3.8, 4) is 0 Å². The van der Waals surface area contributed by atoms with Crippen molar-refractivity contribution in [2.24, 2.45) is 0 Å². The Morgan fingerprint density at radius 3 is 1.98 bits per heavy atom. The third-order valence-corrected chi connectivity index (χ3v) is 9.16. The monoisotopic (exact) mass is 643 g/mol. The lowest BCUT2D eigenvalue weighted by Gasteiger charge is -2.34.